The van der Waals surface area contributed by atoms with Gasteiger partial charge in [0.2, 0.25) is 0 Å². The molecule has 0 heterocycles. The molecule has 0 aliphatic rings. The summed E-state index contributed by atoms with van der Waals surface area (Å²) in [5.74, 6) is 0.267. The number of aromatic hydroxyl groups is 1. The van der Waals surface area contributed by atoms with Gasteiger partial charge < -0.3 is 10.8 Å². The van der Waals surface area contributed by atoms with Crippen molar-refractivity contribution in [3.63, 3.8) is 0 Å². The number of rotatable bonds is 3. The first-order chi connectivity index (χ1) is 6.16. The minimum Gasteiger partial charge on any atom is -0.506 e. The Morgan fingerprint density at radius 2 is 2.23 bits per heavy atom. The van der Waals surface area contributed by atoms with E-state index in [9.17, 15) is 5.11 Å². The highest BCUT2D eigenvalue weighted by molar-refractivity contribution is 9.10. The predicted octanol–water partition coefficient (Wildman–Crippen LogP) is 2.95. The molecular weight excluding hydrogens is 230 g/mol. The Kier molecular flexibility index (Phi) is 3.75. The fourth-order valence-corrected chi connectivity index (χ4v) is 1.68. The van der Waals surface area contributed by atoms with Crippen molar-refractivity contribution in [3.8, 4) is 5.75 Å². The lowest BCUT2D eigenvalue weighted by Gasteiger charge is -2.13. The lowest BCUT2D eigenvalue weighted by atomic mass is 10.0. The van der Waals surface area contributed by atoms with Gasteiger partial charge in [-0.1, -0.05) is 25.5 Å². The topological polar surface area (TPSA) is 46.2 Å². The average Bonchev–Trinajstić information content (AvgIpc) is 2.10. The first-order valence-corrected chi connectivity index (χ1v) is 5.19. The van der Waals surface area contributed by atoms with E-state index in [4.69, 9.17) is 5.73 Å². The van der Waals surface area contributed by atoms with Crippen LogP contribution in [0.4, 0.5) is 0 Å². The smallest absolute Gasteiger partial charge is 0.134 e. The van der Waals surface area contributed by atoms with Crippen LogP contribution in [0.5, 0.6) is 5.75 Å². The van der Waals surface area contributed by atoms with E-state index in [1.165, 1.54) is 0 Å². The number of hydrogen-bond acceptors (Lipinski definition) is 2. The van der Waals surface area contributed by atoms with Crippen LogP contribution in [0.2, 0.25) is 0 Å². The van der Waals surface area contributed by atoms with Crippen molar-refractivity contribution in [3.05, 3.63) is 28.2 Å². The molecule has 0 amide bonds. The minimum atomic E-state index is -0.0671. The lowest BCUT2D eigenvalue weighted by Crippen LogP contribution is -2.09. The molecule has 0 radical (unpaired) electrons. The molecule has 0 saturated carbocycles. The SMILES string of the molecule is CCC[C@H](N)c1cccc(Br)c1O. The van der Waals surface area contributed by atoms with Gasteiger partial charge in [-0.3, -0.25) is 0 Å². The van der Waals surface area contributed by atoms with Crippen LogP contribution in [-0.4, -0.2) is 5.11 Å². The van der Waals surface area contributed by atoms with Crippen molar-refractivity contribution in [1.82, 2.24) is 0 Å². The number of para-hydroxylation sites is 1. The summed E-state index contributed by atoms with van der Waals surface area (Å²) < 4.78 is 0.705. The lowest BCUT2D eigenvalue weighted by molar-refractivity contribution is 0.454. The first-order valence-electron chi connectivity index (χ1n) is 4.39. The normalized spacial score (nSPS) is 12.8. The van der Waals surface area contributed by atoms with E-state index in [0.29, 0.717) is 4.47 Å². The Hall–Kier alpha value is -0.540. The molecule has 0 aliphatic heterocycles. The highest BCUT2D eigenvalue weighted by atomic mass is 79.9. The Bertz CT molecular complexity index is 288. The molecular formula is C10H14BrNO. The van der Waals surface area contributed by atoms with Gasteiger partial charge in [-0.15, -0.1) is 0 Å². The van der Waals surface area contributed by atoms with Gasteiger partial charge in [0.15, 0.2) is 0 Å². The zero-order valence-corrected chi connectivity index (χ0v) is 9.21. The maximum absolute atomic E-state index is 9.67. The van der Waals surface area contributed by atoms with Crippen LogP contribution in [0.1, 0.15) is 31.4 Å². The van der Waals surface area contributed by atoms with E-state index >= 15 is 0 Å². The Morgan fingerprint density at radius 1 is 1.54 bits per heavy atom. The van der Waals surface area contributed by atoms with Crippen molar-refractivity contribution in [2.45, 2.75) is 25.8 Å². The molecule has 1 aromatic carbocycles. The van der Waals surface area contributed by atoms with Gasteiger partial charge in [-0.2, -0.15) is 0 Å². The van der Waals surface area contributed by atoms with Gasteiger partial charge in [0.1, 0.15) is 5.75 Å². The standard InChI is InChI=1S/C10H14BrNO/c1-2-4-9(12)7-5-3-6-8(11)10(7)13/h3,5-6,9,13H,2,4,12H2,1H3/t9-/m0/s1. The van der Waals surface area contributed by atoms with Gasteiger partial charge >= 0.3 is 0 Å². The van der Waals surface area contributed by atoms with Crippen LogP contribution in [0, 0.1) is 0 Å². The first kappa shape index (κ1) is 10.5. The van der Waals surface area contributed by atoms with E-state index < -0.39 is 0 Å². The number of nitrogens with two attached hydrogens (primary N) is 1. The summed E-state index contributed by atoms with van der Waals surface area (Å²) in [6, 6.07) is 5.48. The highest BCUT2D eigenvalue weighted by Gasteiger charge is 2.11. The summed E-state index contributed by atoms with van der Waals surface area (Å²) in [5, 5.41) is 9.67. The molecule has 0 unspecified atom stereocenters. The van der Waals surface area contributed by atoms with E-state index in [0.717, 1.165) is 18.4 Å². The third-order valence-corrected chi connectivity index (χ3v) is 2.66. The van der Waals surface area contributed by atoms with Crippen molar-refractivity contribution >= 4 is 15.9 Å². The average molecular weight is 244 g/mol. The summed E-state index contributed by atoms with van der Waals surface area (Å²) in [7, 11) is 0. The minimum absolute atomic E-state index is 0.0671. The third-order valence-electron chi connectivity index (χ3n) is 2.02. The predicted molar refractivity (Wildman–Crippen MR) is 57.6 cm³/mol. The molecule has 72 valence electrons. The molecule has 0 spiro atoms. The Morgan fingerprint density at radius 3 is 2.85 bits per heavy atom. The Balaban J connectivity index is 2.93. The van der Waals surface area contributed by atoms with Crippen LogP contribution in [0.15, 0.2) is 22.7 Å². The second kappa shape index (κ2) is 4.63. The molecule has 1 rings (SSSR count). The summed E-state index contributed by atoms with van der Waals surface area (Å²) in [6.45, 7) is 2.08. The molecule has 0 saturated heterocycles. The maximum atomic E-state index is 9.67. The zero-order valence-electron chi connectivity index (χ0n) is 7.63. The number of phenols is 1. The van der Waals surface area contributed by atoms with E-state index in [1.54, 1.807) is 6.07 Å². The van der Waals surface area contributed by atoms with Crippen LogP contribution in [0.3, 0.4) is 0 Å². The molecule has 1 aromatic rings. The maximum Gasteiger partial charge on any atom is 0.134 e. The van der Waals surface area contributed by atoms with Gasteiger partial charge in [-0.25, -0.2) is 0 Å². The summed E-state index contributed by atoms with van der Waals surface area (Å²) in [6.07, 6.45) is 1.91. The molecule has 13 heavy (non-hydrogen) atoms. The largest absolute Gasteiger partial charge is 0.506 e. The van der Waals surface area contributed by atoms with Gasteiger partial charge in [0.05, 0.1) is 4.47 Å². The number of benzene rings is 1. The number of hydrogen-bond donors (Lipinski definition) is 2. The number of phenolic OH excluding ortho intramolecular Hbond substituents is 1. The fourth-order valence-electron chi connectivity index (χ4n) is 1.30. The molecule has 3 heteroatoms. The molecule has 3 N–H and O–H groups in total. The molecule has 0 aromatic heterocycles. The molecule has 0 bridgehead atoms. The second-order valence-electron chi connectivity index (χ2n) is 3.07. The van der Waals surface area contributed by atoms with Crippen LogP contribution in [0.25, 0.3) is 0 Å². The van der Waals surface area contributed by atoms with E-state index in [-0.39, 0.29) is 11.8 Å². The van der Waals surface area contributed by atoms with Gasteiger partial charge in [0.25, 0.3) is 0 Å². The number of halogens is 1. The van der Waals surface area contributed by atoms with Crippen LogP contribution in [-0.2, 0) is 0 Å². The molecule has 0 fully saturated rings. The van der Waals surface area contributed by atoms with Crippen molar-refractivity contribution in [1.29, 1.82) is 0 Å². The summed E-state index contributed by atoms with van der Waals surface area (Å²) in [5.41, 5.74) is 6.71. The third kappa shape index (κ3) is 2.45. The quantitative estimate of drug-likeness (QED) is 0.858. The van der Waals surface area contributed by atoms with Crippen molar-refractivity contribution in [2.24, 2.45) is 5.73 Å². The van der Waals surface area contributed by atoms with E-state index in [2.05, 4.69) is 22.9 Å². The van der Waals surface area contributed by atoms with Gasteiger partial charge in [-0.05, 0) is 28.4 Å². The highest BCUT2D eigenvalue weighted by Crippen LogP contribution is 2.32. The van der Waals surface area contributed by atoms with Crippen molar-refractivity contribution in [2.75, 3.05) is 0 Å². The van der Waals surface area contributed by atoms with Gasteiger partial charge in [0, 0.05) is 11.6 Å². The van der Waals surface area contributed by atoms with Crippen molar-refractivity contribution < 1.29 is 5.11 Å². The molecule has 0 aliphatic carbocycles. The zero-order chi connectivity index (χ0) is 9.84. The second-order valence-corrected chi connectivity index (χ2v) is 3.93. The molecule has 2 nitrogen and oxygen atoms in total. The molecule has 1 atom stereocenters. The fraction of sp³-hybridized carbons (Fsp3) is 0.400. The van der Waals surface area contributed by atoms with Crippen LogP contribution < -0.4 is 5.73 Å². The Labute approximate surface area is 86.9 Å². The van der Waals surface area contributed by atoms with E-state index in [1.807, 2.05) is 12.1 Å². The monoisotopic (exact) mass is 243 g/mol. The summed E-state index contributed by atoms with van der Waals surface area (Å²) >= 11 is 3.26. The van der Waals surface area contributed by atoms with Crippen LogP contribution >= 0.6 is 15.9 Å². The summed E-state index contributed by atoms with van der Waals surface area (Å²) in [4.78, 5) is 0.